The van der Waals surface area contributed by atoms with Gasteiger partial charge in [-0.25, -0.2) is 9.13 Å². The lowest BCUT2D eigenvalue weighted by atomic mass is 9.99. The molecule has 0 fully saturated rings. The van der Waals surface area contributed by atoms with Gasteiger partial charge in [0.05, 0.1) is 26.4 Å². The summed E-state index contributed by atoms with van der Waals surface area (Å²) in [6.45, 7) is 14.2. The Morgan fingerprint density at radius 1 is 0.286 bits per heavy atom. The lowest BCUT2D eigenvalue weighted by Crippen LogP contribution is -2.30. The molecule has 17 nitrogen and oxygen atoms in total. The number of hydrogen-bond donors (Lipinski definition) is 3. The van der Waals surface area contributed by atoms with Crippen LogP contribution in [0.1, 0.15) is 402 Å². The summed E-state index contributed by atoms with van der Waals surface area (Å²) in [6.07, 6.45) is 54.1. The van der Waals surface area contributed by atoms with E-state index in [1.807, 2.05) is 0 Å². The van der Waals surface area contributed by atoms with Gasteiger partial charge < -0.3 is 33.8 Å². The molecule has 0 heterocycles. The molecule has 19 heteroatoms. The SMILES string of the molecule is CCC(C)CCCCCCCCCCCCCCCCC(=O)OC[C@H](COP(=O)(O)OCC(O)COP(=O)(O)OC[C@@H](COC(=O)CCCCCCCCCC(C)C)OC(=O)CCCCCCCCCCCCCC(C)C)OC(=O)CCCCCCCCCCCCCCCC(C)C. The van der Waals surface area contributed by atoms with E-state index in [-0.39, 0.29) is 25.7 Å². The molecule has 582 valence electrons. The lowest BCUT2D eigenvalue weighted by molar-refractivity contribution is -0.161. The summed E-state index contributed by atoms with van der Waals surface area (Å²) in [6, 6.07) is 0. The molecular formula is C79H154O17P2. The highest BCUT2D eigenvalue weighted by Gasteiger charge is 2.30. The molecule has 0 aliphatic heterocycles. The molecule has 6 atom stereocenters. The molecule has 0 rings (SSSR count). The Balaban J connectivity index is 5.25. The number of esters is 4. The highest BCUT2D eigenvalue weighted by Crippen LogP contribution is 2.45. The third-order valence-corrected chi connectivity index (χ3v) is 20.6. The largest absolute Gasteiger partial charge is 0.472 e. The zero-order valence-corrected chi connectivity index (χ0v) is 66.2. The molecule has 0 aromatic heterocycles. The highest BCUT2D eigenvalue weighted by atomic mass is 31.2. The van der Waals surface area contributed by atoms with Crippen molar-refractivity contribution in [2.24, 2.45) is 23.7 Å². The van der Waals surface area contributed by atoms with Crippen molar-refractivity contribution >= 4 is 39.5 Å². The van der Waals surface area contributed by atoms with Gasteiger partial charge in [0, 0.05) is 25.7 Å². The Hall–Kier alpha value is -1.94. The molecule has 0 aromatic carbocycles. The molecule has 0 aromatic rings. The molecule has 0 radical (unpaired) electrons. The Bertz CT molecular complexity index is 1920. The maximum atomic E-state index is 13.1. The molecule has 0 saturated carbocycles. The van der Waals surface area contributed by atoms with Crippen molar-refractivity contribution in [3.05, 3.63) is 0 Å². The first kappa shape index (κ1) is 96.1. The first-order valence-electron chi connectivity index (χ1n) is 40.7. The van der Waals surface area contributed by atoms with Crippen molar-refractivity contribution in [3.63, 3.8) is 0 Å². The topological polar surface area (TPSA) is 237 Å². The molecule has 4 unspecified atom stereocenters. The maximum Gasteiger partial charge on any atom is 0.472 e. The van der Waals surface area contributed by atoms with Crippen LogP contribution in [0.3, 0.4) is 0 Å². The number of hydrogen-bond acceptors (Lipinski definition) is 15. The number of aliphatic hydroxyl groups excluding tert-OH is 1. The summed E-state index contributed by atoms with van der Waals surface area (Å²) in [7, 11) is -9.92. The van der Waals surface area contributed by atoms with Gasteiger partial charge in [-0.1, -0.05) is 351 Å². The Kier molecular flexibility index (Phi) is 66.8. The summed E-state index contributed by atoms with van der Waals surface area (Å²) < 4.78 is 68.6. The lowest BCUT2D eigenvalue weighted by Gasteiger charge is -2.21. The van der Waals surface area contributed by atoms with Crippen LogP contribution in [0.4, 0.5) is 0 Å². The van der Waals surface area contributed by atoms with E-state index in [0.29, 0.717) is 31.6 Å². The monoisotopic (exact) mass is 1440 g/mol. The van der Waals surface area contributed by atoms with Crippen LogP contribution in [0.15, 0.2) is 0 Å². The fourth-order valence-electron chi connectivity index (χ4n) is 12.0. The van der Waals surface area contributed by atoms with Crippen molar-refractivity contribution in [3.8, 4) is 0 Å². The van der Waals surface area contributed by atoms with E-state index in [2.05, 4.69) is 55.4 Å². The first-order valence-corrected chi connectivity index (χ1v) is 43.7. The van der Waals surface area contributed by atoms with Gasteiger partial charge in [0.1, 0.15) is 19.3 Å². The quantitative estimate of drug-likeness (QED) is 0.0222. The van der Waals surface area contributed by atoms with Crippen LogP contribution in [0.5, 0.6) is 0 Å². The molecular weight excluding hydrogens is 1280 g/mol. The van der Waals surface area contributed by atoms with Crippen molar-refractivity contribution in [1.82, 2.24) is 0 Å². The number of phosphoric acid groups is 2. The van der Waals surface area contributed by atoms with Gasteiger partial charge in [0.25, 0.3) is 0 Å². The van der Waals surface area contributed by atoms with Gasteiger partial charge >= 0.3 is 39.5 Å². The minimum atomic E-state index is -4.96. The zero-order valence-electron chi connectivity index (χ0n) is 64.4. The number of rotatable bonds is 76. The third-order valence-electron chi connectivity index (χ3n) is 18.7. The zero-order chi connectivity index (χ0) is 72.4. The van der Waals surface area contributed by atoms with Crippen LogP contribution in [-0.4, -0.2) is 96.7 Å². The fourth-order valence-corrected chi connectivity index (χ4v) is 13.6. The van der Waals surface area contributed by atoms with Crippen LogP contribution in [0.2, 0.25) is 0 Å². The molecule has 0 aliphatic rings. The normalized spacial score (nSPS) is 14.3. The van der Waals surface area contributed by atoms with Crippen molar-refractivity contribution < 1.29 is 80.2 Å². The molecule has 0 spiro atoms. The summed E-state index contributed by atoms with van der Waals surface area (Å²) in [5, 5.41) is 10.6. The minimum Gasteiger partial charge on any atom is -0.462 e. The van der Waals surface area contributed by atoms with Crippen LogP contribution in [0.25, 0.3) is 0 Å². The third kappa shape index (κ3) is 71.1. The van der Waals surface area contributed by atoms with E-state index in [0.717, 1.165) is 114 Å². The minimum absolute atomic E-state index is 0.105. The second-order valence-electron chi connectivity index (χ2n) is 30.1. The smallest absolute Gasteiger partial charge is 0.462 e. The average Bonchev–Trinajstić information content (AvgIpc) is 1.12. The summed E-state index contributed by atoms with van der Waals surface area (Å²) in [5.41, 5.74) is 0. The number of carbonyl (C=O) groups is 4. The summed E-state index contributed by atoms with van der Waals surface area (Å²) >= 11 is 0. The number of unbranched alkanes of at least 4 members (excludes halogenated alkanes) is 41. The van der Waals surface area contributed by atoms with Crippen molar-refractivity contribution in [1.29, 1.82) is 0 Å². The van der Waals surface area contributed by atoms with Gasteiger partial charge in [-0.05, 0) is 49.4 Å². The van der Waals surface area contributed by atoms with E-state index in [9.17, 15) is 43.2 Å². The number of ether oxygens (including phenoxy) is 4. The van der Waals surface area contributed by atoms with E-state index in [4.69, 9.17) is 37.0 Å². The fraction of sp³-hybridized carbons (Fsp3) is 0.949. The molecule has 0 amide bonds. The van der Waals surface area contributed by atoms with E-state index >= 15 is 0 Å². The highest BCUT2D eigenvalue weighted by molar-refractivity contribution is 7.47. The number of carbonyl (C=O) groups excluding carboxylic acids is 4. The predicted molar refractivity (Wildman–Crippen MR) is 400 cm³/mol. The second kappa shape index (κ2) is 68.2. The molecule has 0 aliphatic carbocycles. The first-order chi connectivity index (χ1) is 47.1. The van der Waals surface area contributed by atoms with Crippen LogP contribution in [-0.2, 0) is 65.4 Å². The maximum absolute atomic E-state index is 13.1. The van der Waals surface area contributed by atoms with Gasteiger partial charge in [0.15, 0.2) is 12.2 Å². The van der Waals surface area contributed by atoms with Crippen LogP contribution in [0, 0.1) is 23.7 Å². The Morgan fingerprint density at radius 2 is 0.490 bits per heavy atom. The number of aliphatic hydroxyl groups is 1. The predicted octanol–water partition coefficient (Wildman–Crippen LogP) is 23.2. The molecule has 3 N–H and O–H groups in total. The van der Waals surface area contributed by atoms with Crippen molar-refractivity contribution in [2.45, 2.75) is 420 Å². The molecule has 0 saturated heterocycles. The van der Waals surface area contributed by atoms with E-state index < -0.39 is 97.5 Å². The average molecular weight is 1440 g/mol. The van der Waals surface area contributed by atoms with E-state index in [1.54, 1.807) is 0 Å². The number of phosphoric ester groups is 2. The Labute approximate surface area is 600 Å². The standard InChI is InChI=1S/C79H154O17P2/c1-9-72(8)58-50-42-34-26-20-14-10-11-15-21-27-35-43-51-59-76(81)89-65-74(95-78(83)61-53-45-36-28-22-16-12-13-18-24-31-39-47-55-69(2)3)67-93-97(85,86)91-63-73(80)64-92-98(87,88)94-68-75(66-90-77(82)60-52-44-38-30-33-41-49-57-71(6)7)96-79(84)62-54-46-37-29-23-17-19-25-32-40-48-56-70(4)5/h69-75,80H,9-68H2,1-8H3,(H,85,86)(H,87,88)/t72?,73?,74-,75-/m1/s1. The molecule has 0 bridgehead atoms. The van der Waals surface area contributed by atoms with Crippen LogP contribution < -0.4 is 0 Å². The van der Waals surface area contributed by atoms with Crippen molar-refractivity contribution in [2.75, 3.05) is 39.6 Å². The summed E-state index contributed by atoms with van der Waals surface area (Å²) in [4.78, 5) is 72.9. The van der Waals surface area contributed by atoms with E-state index in [1.165, 1.54) is 199 Å². The van der Waals surface area contributed by atoms with Gasteiger partial charge in [-0.3, -0.25) is 37.3 Å². The van der Waals surface area contributed by atoms with Gasteiger partial charge in [0.2, 0.25) is 0 Å². The second-order valence-corrected chi connectivity index (χ2v) is 33.0. The summed E-state index contributed by atoms with van der Waals surface area (Å²) in [5.74, 6) is 0.990. The Morgan fingerprint density at radius 3 is 0.724 bits per heavy atom. The van der Waals surface area contributed by atoms with Crippen LogP contribution >= 0.6 is 15.6 Å². The molecule has 98 heavy (non-hydrogen) atoms. The van der Waals surface area contributed by atoms with Gasteiger partial charge in [-0.15, -0.1) is 0 Å². The van der Waals surface area contributed by atoms with Gasteiger partial charge in [-0.2, -0.15) is 0 Å².